The number of nitrogens with zero attached hydrogens (tertiary/aromatic N) is 3. The third kappa shape index (κ3) is 4.98. The van der Waals surface area contributed by atoms with Crippen molar-refractivity contribution in [1.82, 2.24) is 20.3 Å². The fourth-order valence-electron chi connectivity index (χ4n) is 3.37. The highest BCUT2D eigenvalue weighted by Gasteiger charge is 2.09. The van der Waals surface area contributed by atoms with Gasteiger partial charge >= 0.3 is 0 Å². The van der Waals surface area contributed by atoms with E-state index in [1.807, 2.05) is 60.8 Å². The van der Waals surface area contributed by atoms with Gasteiger partial charge in [0.15, 0.2) is 0 Å². The van der Waals surface area contributed by atoms with Gasteiger partial charge in [0.1, 0.15) is 5.82 Å². The Morgan fingerprint density at radius 1 is 1.03 bits per heavy atom. The molecule has 4 rings (SSSR count). The molecule has 0 aliphatic carbocycles. The standard InChI is InChI=1S/C24H25N7O/c1-26-22(32)13-16-4-2-6-19(12-16)30-24-29-15-18-5-3-7-20(23(18)31-24)17-8-9-21(28-14-17)27-11-10-25/h2-9,12,14-15H,10-11,13,25H2,1H3,(H,26,32)(H,27,28)(H,29,30,31). The lowest BCUT2D eigenvalue weighted by molar-refractivity contribution is -0.119. The average molecular weight is 428 g/mol. The highest BCUT2D eigenvalue weighted by Crippen LogP contribution is 2.28. The second-order valence-electron chi connectivity index (χ2n) is 7.26. The van der Waals surface area contributed by atoms with E-state index in [4.69, 9.17) is 10.7 Å². The van der Waals surface area contributed by atoms with Crippen LogP contribution in [0.3, 0.4) is 0 Å². The zero-order chi connectivity index (χ0) is 22.3. The van der Waals surface area contributed by atoms with Crippen LogP contribution in [0.4, 0.5) is 17.5 Å². The number of likely N-dealkylation sites (N-methyl/N-ethyl adjacent to an activating group) is 1. The molecule has 2 heterocycles. The van der Waals surface area contributed by atoms with Crippen molar-refractivity contribution in [2.45, 2.75) is 6.42 Å². The number of nitrogens with two attached hydrogens (primary N) is 1. The summed E-state index contributed by atoms with van der Waals surface area (Å²) in [5.41, 5.74) is 10.0. The maximum Gasteiger partial charge on any atom is 0.227 e. The molecule has 2 aromatic carbocycles. The molecule has 0 aliphatic heterocycles. The van der Waals surface area contributed by atoms with Crippen molar-refractivity contribution in [3.63, 3.8) is 0 Å². The van der Waals surface area contributed by atoms with Gasteiger partial charge in [0.05, 0.1) is 11.9 Å². The van der Waals surface area contributed by atoms with Crippen molar-refractivity contribution in [1.29, 1.82) is 0 Å². The van der Waals surface area contributed by atoms with Crippen molar-refractivity contribution in [2.75, 3.05) is 30.8 Å². The number of benzene rings is 2. The Kier molecular flexibility index (Phi) is 6.52. The van der Waals surface area contributed by atoms with E-state index in [0.29, 0.717) is 25.5 Å². The number of nitrogens with one attached hydrogen (secondary N) is 3. The summed E-state index contributed by atoms with van der Waals surface area (Å²) in [6.45, 7) is 1.22. The summed E-state index contributed by atoms with van der Waals surface area (Å²) in [6.07, 6.45) is 3.94. The number of para-hydroxylation sites is 1. The molecule has 4 aromatic rings. The van der Waals surface area contributed by atoms with Gasteiger partial charge in [-0.05, 0) is 29.8 Å². The minimum absolute atomic E-state index is 0.0356. The quantitative estimate of drug-likeness (QED) is 0.341. The summed E-state index contributed by atoms with van der Waals surface area (Å²) >= 11 is 0. The Balaban J connectivity index is 1.62. The maximum atomic E-state index is 11.7. The molecule has 0 atom stereocenters. The van der Waals surface area contributed by atoms with Crippen LogP contribution in [0.15, 0.2) is 67.0 Å². The van der Waals surface area contributed by atoms with Crippen molar-refractivity contribution in [3.05, 3.63) is 72.6 Å². The molecule has 0 fully saturated rings. The second kappa shape index (κ2) is 9.84. The van der Waals surface area contributed by atoms with Gasteiger partial charge < -0.3 is 21.7 Å². The van der Waals surface area contributed by atoms with Gasteiger partial charge in [-0.2, -0.15) is 0 Å². The van der Waals surface area contributed by atoms with E-state index < -0.39 is 0 Å². The summed E-state index contributed by atoms with van der Waals surface area (Å²) in [4.78, 5) is 25.4. The van der Waals surface area contributed by atoms with Crippen LogP contribution in [-0.2, 0) is 11.2 Å². The van der Waals surface area contributed by atoms with Crippen LogP contribution in [0.2, 0.25) is 0 Å². The minimum Gasteiger partial charge on any atom is -0.369 e. The third-order valence-corrected chi connectivity index (χ3v) is 4.96. The lowest BCUT2D eigenvalue weighted by Crippen LogP contribution is -2.19. The molecule has 2 aromatic heterocycles. The Bertz CT molecular complexity index is 1220. The molecular weight excluding hydrogens is 402 g/mol. The predicted octanol–water partition coefficient (Wildman–Crippen LogP) is 3.09. The molecule has 5 N–H and O–H groups in total. The fraction of sp³-hybridized carbons (Fsp3) is 0.167. The molecule has 0 bridgehead atoms. The summed E-state index contributed by atoms with van der Waals surface area (Å²) in [6, 6.07) is 17.6. The second-order valence-corrected chi connectivity index (χ2v) is 7.26. The highest BCUT2D eigenvalue weighted by atomic mass is 16.1. The Morgan fingerprint density at radius 2 is 1.91 bits per heavy atom. The topological polar surface area (TPSA) is 118 Å². The number of carbonyl (C=O) groups excluding carboxylic acids is 1. The van der Waals surface area contributed by atoms with Gasteiger partial charge in [0.25, 0.3) is 0 Å². The maximum absolute atomic E-state index is 11.7. The van der Waals surface area contributed by atoms with E-state index >= 15 is 0 Å². The van der Waals surface area contributed by atoms with Gasteiger partial charge in [-0.1, -0.05) is 30.3 Å². The van der Waals surface area contributed by atoms with Crippen LogP contribution in [0.5, 0.6) is 0 Å². The molecule has 0 saturated carbocycles. The Hall–Kier alpha value is -4.04. The number of fused-ring (bicyclic) bond motifs is 1. The van der Waals surface area contributed by atoms with Gasteiger partial charge in [-0.15, -0.1) is 0 Å². The monoisotopic (exact) mass is 427 g/mol. The lowest BCUT2D eigenvalue weighted by atomic mass is 10.0. The summed E-state index contributed by atoms with van der Waals surface area (Å²) in [5.74, 6) is 1.23. The molecule has 32 heavy (non-hydrogen) atoms. The van der Waals surface area contributed by atoms with E-state index in [9.17, 15) is 4.79 Å². The normalized spacial score (nSPS) is 10.7. The van der Waals surface area contributed by atoms with Crippen LogP contribution in [0.1, 0.15) is 5.56 Å². The third-order valence-electron chi connectivity index (χ3n) is 4.96. The largest absolute Gasteiger partial charge is 0.369 e. The molecule has 8 heteroatoms. The number of carbonyl (C=O) groups is 1. The van der Waals surface area contributed by atoms with Gasteiger partial charge in [0, 0.05) is 54.7 Å². The summed E-state index contributed by atoms with van der Waals surface area (Å²) < 4.78 is 0. The van der Waals surface area contributed by atoms with E-state index in [0.717, 1.165) is 39.1 Å². The smallest absolute Gasteiger partial charge is 0.227 e. The SMILES string of the molecule is CNC(=O)Cc1cccc(Nc2ncc3cccc(-c4ccc(NCCN)nc4)c3n2)c1. The predicted molar refractivity (Wildman–Crippen MR) is 128 cm³/mol. The first-order valence-corrected chi connectivity index (χ1v) is 10.4. The van der Waals surface area contributed by atoms with Crippen molar-refractivity contribution < 1.29 is 4.79 Å². The average Bonchev–Trinajstić information content (AvgIpc) is 2.83. The number of aromatic nitrogens is 3. The molecular formula is C24H25N7O. The highest BCUT2D eigenvalue weighted by molar-refractivity contribution is 5.93. The van der Waals surface area contributed by atoms with E-state index in [-0.39, 0.29) is 5.91 Å². The van der Waals surface area contributed by atoms with Crippen LogP contribution >= 0.6 is 0 Å². The number of hydrogen-bond donors (Lipinski definition) is 4. The number of pyridine rings is 1. The molecule has 1 amide bonds. The van der Waals surface area contributed by atoms with Gasteiger partial charge in [-0.3, -0.25) is 4.79 Å². The van der Waals surface area contributed by atoms with Crippen LogP contribution in [0.25, 0.3) is 22.0 Å². The van der Waals surface area contributed by atoms with Crippen molar-refractivity contribution in [2.24, 2.45) is 5.73 Å². The van der Waals surface area contributed by atoms with Crippen LogP contribution < -0.4 is 21.7 Å². The number of hydrogen-bond acceptors (Lipinski definition) is 7. The molecule has 0 aliphatic rings. The lowest BCUT2D eigenvalue weighted by Gasteiger charge is -2.10. The first kappa shape index (κ1) is 21.2. The Morgan fingerprint density at radius 3 is 2.69 bits per heavy atom. The van der Waals surface area contributed by atoms with Crippen molar-refractivity contribution >= 4 is 34.3 Å². The van der Waals surface area contributed by atoms with Crippen LogP contribution in [-0.4, -0.2) is 41.0 Å². The summed E-state index contributed by atoms with van der Waals surface area (Å²) in [5, 5.41) is 9.99. The molecule has 8 nitrogen and oxygen atoms in total. The van der Waals surface area contributed by atoms with E-state index in [2.05, 4.69) is 25.9 Å². The molecule has 0 unspecified atom stereocenters. The number of rotatable bonds is 8. The molecule has 0 saturated heterocycles. The summed E-state index contributed by atoms with van der Waals surface area (Å²) in [7, 11) is 1.63. The van der Waals surface area contributed by atoms with Gasteiger partial charge in [0.2, 0.25) is 11.9 Å². The molecule has 0 radical (unpaired) electrons. The first-order chi connectivity index (χ1) is 15.7. The fourth-order valence-corrected chi connectivity index (χ4v) is 3.37. The Labute approximate surface area is 186 Å². The van der Waals surface area contributed by atoms with Gasteiger partial charge in [-0.25, -0.2) is 15.0 Å². The van der Waals surface area contributed by atoms with Crippen molar-refractivity contribution in [3.8, 4) is 11.1 Å². The molecule has 0 spiro atoms. The van der Waals surface area contributed by atoms with E-state index in [1.165, 1.54) is 0 Å². The van der Waals surface area contributed by atoms with Crippen LogP contribution in [0, 0.1) is 0 Å². The number of amides is 1. The molecule has 162 valence electrons. The zero-order valence-corrected chi connectivity index (χ0v) is 17.8. The van der Waals surface area contributed by atoms with E-state index in [1.54, 1.807) is 13.2 Å². The number of anilines is 3. The zero-order valence-electron chi connectivity index (χ0n) is 17.8. The first-order valence-electron chi connectivity index (χ1n) is 10.4. The minimum atomic E-state index is -0.0356.